The first-order valence-electron chi connectivity index (χ1n) is 7.16. The van der Waals surface area contributed by atoms with Crippen LogP contribution in [0, 0.1) is 0 Å². The number of rotatable bonds is 3. The van der Waals surface area contributed by atoms with Gasteiger partial charge < -0.3 is 5.11 Å². The summed E-state index contributed by atoms with van der Waals surface area (Å²) in [5.74, 6) is -0.0479. The van der Waals surface area contributed by atoms with E-state index in [9.17, 15) is 9.90 Å². The van der Waals surface area contributed by atoms with Crippen molar-refractivity contribution in [1.82, 2.24) is 14.3 Å². The molecule has 0 saturated carbocycles. The Morgan fingerprint density at radius 1 is 1.45 bits per heavy atom. The molecule has 3 rings (SSSR count). The smallest absolute Gasteiger partial charge is 0.352 e. The summed E-state index contributed by atoms with van der Waals surface area (Å²) >= 11 is 0. The molecule has 20 heavy (non-hydrogen) atoms. The van der Waals surface area contributed by atoms with Crippen molar-refractivity contribution in [2.24, 2.45) is 0 Å². The maximum Gasteiger partial charge on any atom is 0.352 e. The first-order valence-corrected chi connectivity index (χ1v) is 7.16. The number of aromatic nitrogens is 2. The Hall–Kier alpha value is -1.88. The Balaban J connectivity index is 2.13. The van der Waals surface area contributed by atoms with Gasteiger partial charge in [0.1, 0.15) is 11.5 Å². The number of carboxylic acid groups (broad SMARTS) is 1. The maximum atomic E-state index is 11.4. The third-order valence-electron chi connectivity index (χ3n) is 4.12. The van der Waals surface area contributed by atoms with Gasteiger partial charge in [-0.3, -0.25) is 9.30 Å². The first-order chi connectivity index (χ1) is 9.72. The Labute approximate surface area is 117 Å². The first kappa shape index (κ1) is 13.1. The lowest BCUT2D eigenvalue weighted by Gasteiger charge is -2.34. The van der Waals surface area contributed by atoms with Crippen LogP contribution in [0.4, 0.5) is 0 Å². The van der Waals surface area contributed by atoms with E-state index in [1.807, 2.05) is 6.07 Å². The molecular weight excluding hydrogens is 254 g/mol. The van der Waals surface area contributed by atoms with E-state index in [1.165, 1.54) is 12.8 Å². The highest BCUT2D eigenvalue weighted by molar-refractivity contribution is 5.86. The average Bonchev–Trinajstić information content (AvgIpc) is 2.90. The number of fused-ring (bicyclic) bond motifs is 1. The minimum absolute atomic E-state index is 0.219. The summed E-state index contributed by atoms with van der Waals surface area (Å²) in [6.45, 7) is 4.17. The van der Waals surface area contributed by atoms with Crippen molar-refractivity contribution in [1.29, 1.82) is 0 Å². The summed E-state index contributed by atoms with van der Waals surface area (Å²) in [7, 11) is 0. The number of hydrogen-bond donors (Lipinski definition) is 1. The fourth-order valence-corrected chi connectivity index (χ4v) is 3.14. The zero-order chi connectivity index (χ0) is 14.1. The second kappa shape index (κ2) is 5.25. The van der Waals surface area contributed by atoms with Crippen LogP contribution < -0.4 is 0 Å². The molecule has 1 fully saturated rings. The zero-order valence-electron chi connectivity index (χ0n) is 11.6. The summed E-state index contributed by atoms with van der Waals surface area (Å²) in [5, 5.41) is 9.38. The molecule has 106 valence electrons. The van der Waals surface area contributed by atoms with Crippen LogP contribution in [0.5, 0.6) is 0 Å². The number of carbonyl (C=O) groups is 1. The molecule has 1 unspecified atom stereocenters. The van der Waals surface area contributed by atoms with Crippen molar-refractivity contribution >= 4 is 11.5 Å². The molecule has 0 spiro atoms. The standard InChI is InChI=1S/C15H19N3O2/c1-2-17-9-4-3-7-12(17)14-16-10-11-6-5-8-13(15(19)20)18(11)14/h5-6,8,10,12H,2-4,7,9H2,1H3,(H,19,20). The van der Waals surface area contributed by atoms with Crippen molar-refractivity contribution in [3.05, 3.63) is 35.9 Å². The Morgan fingerprint density at radius 3 is 3.05 bits per heavy atom. The van der Waals surface area contributed by atoms with Gasteiger partial charge in [0, 0.05) is 0 Å². The fraction of sp³-hybridized carbons (Fsp3) is 0.467. The zero-order valence-corrected chi connectivity index (χ0v) is 11.6. The van der Waals surface area contributed by atoms with Crippen LogP contribution >= 0.6 is 0 Å². The van der Waals surface area contributed by atoms with E-state index in [0.29, 0.717) is 0 Å². The number of piperidine rings is 1. The predicted octanol–water partition coefficient (Wildman–Crippen LogP) is 2.58. The van der Waals surface area contributed by atoms with Crippen LogP contribution in [0.3, 0.4) is 0 Å². The summed E-state index contributed by atoms with van der Waals surface area (Å²) in [6.07, 6.45) is 5.19. The monoisotopic (exact) mass is 273 g/mol. The van der Waals surface area contributed by atoms with Crippen LogP contribution in [0.25, 0.3) is 5.52 Å². The molecule has 1 aliphatic heterocycles. The molecular formula is C15H19N3O2. The number of nitrogens with zero attached hydrogens (tertiary/aromatic N) is 3. The molecule has 1 saturated heterocycles. The van der Waals surface area contributed by atoms with Gasteiger partial charge in [0.2, 0.25) is 0 Å². The second-order valence-corrected chi connectivity index (χ2v) is 5.23. The molecule has 2 aromatic heterocycles. The lowest BCUT2D eigenvalue weighted by Crippen LogP contribution is -2.34. The van der Waals surface area contributed by atoms with Gasteiger partial charge in [-0.05, 0) is 38.1 Å². The Morgan fingerprint density at radius 2 is 2.30 bits per heavy atom. The van der Waals surface area contributed by atoms with Crippen LogP contribution in [0.15, 0.2) is 24.4 Å². The number of likely N-dealkylation sites (tertiary alicyclic amines) is 1. The minimum atomic E-state index is -0.909. The topological polar surface area (TPSA) is 57.8 Å². The fourth-order valence-electron chi connectivity index (χ4n) is 3.14. The maximum absolute atomic E-state index is 11.4. The van der Waals surface area contributed by atoms with Gasteiger partial charge in [0.25, 0.3) is 0 Å². The number of aromatic carboxylic acids is 1. The van der Waals surface area contributed by atoms with Crippen molar-refractivity contribution in [2.75, 3.05) is 13.1 Å². The largest absolute Gasteiger partial charge is 0.477 e. The Kier molecular flexibility index (Phi) is 3.44. The molecule has 0 amide bonds. The summed E-state index contributed by atoms with van der Waals surface area (Å²) in [6, 6.07) is 5.53. The lowest BCUT2D eigenvalue weighted by molar-refractivity contribution is 0.0687. The van der Waals surface area contributed by atoms with E-state index in [0.717, 1.165) is 30.9 Å². The lowest BCUT2D eigenvalue weighted by atomic mass is 10.0. The third kappa shape index (κ3) is 2.08. The van der Waals surface area contributed by atoms with E-state index >= 15 is 0 Å². The van der Waals surface area contributed by atoms with Crippen molar-refractivity contribution < 1.29 is 9.90 Å². The molecule has 0 radical (unpaired) electrons. The minimum Gasteiger partial charge on any atom is -0.477 e. The van der Waals surface area contributed by atoms with Gasteiger partial charge in [-0.1, -0.05) is 19.4 Å². The number of imidazole rings is 1. The molecule has 2 aromatic rings. The van der Waals surface area contributed by atoms with E-state index in [2.05, 4.69) is 16.8 Å². The average molecular weight is 273 g/mol. The summed E-state index contributed by atoms with van der Waals surface area (Å²) in [5.41, 5.74) is 1.14. The van der Waals surface area contributed by atoms with Crippen LogP contribution in [-0.2, 0) is 0 Å². The van der Waals surface area contributed by atoms with Gasteiger partial charge in [-0.25, -0.2) is 9.78 Å². The molecule has 5 nitrogen and oxygen atoms in total. The van der Waals surface area contributed by atoms with Crippen molar-refractivity contribution in [2.45, 2.75) is 32.2 Å². The van der Waals surface area contributed by atoms with Gasteiger partial charge in [0.15, 0.2) is 0 Å². The highest BCUT2D eigenvalue weighted by atomic mass is 16.4. The third-order valence-corrected chi connectivity index (χ3v) is 4.12. The molecule has 0 bridgehead atoms. The van der Waals surface area contributed by atoms with E-state index in [1.54, 1.807) is 22.7 Å². The Bertz CT molecular complexity index is 635. The molecule has 5 heteroatoms. The van der Waals surface area contributed by atoms with Gasteiger partial charge in [0.05, 0.1) is 17.8 Å². The normalized spacial score (nSPS) is 20.4. The SMILES string of the molecule is CCN1CCCCC1c1ncc2cccc(C(=O)O)n12. The van der Waals surface area contributed by atoms with E-state index in [-0.39, 0.29) is 11.7 Å². The highest BCUT2D eigenvalue weighted by Gasteiger charge is 2.27. The van der Waals surface area contributed by atoms with Gasteiger partial charge in [-0.15, -0.1) is 0 Å². The quantitative estimate of drug-likeness (QED) is 0.933. The summed E-state index contributed by atoms with van der Waals surface area (Å²) < 4.78 is 1.79. The van der Waals surface area contributed by atoms with Crippen molar-refractivity contribution in [3.63, 3.8) is 0 Å². The molecule has 0 aromatic carbocycles. The summed E-state index contributed by atoms with van der Waals surface area (Å²) in [4.78, 5) is 18.3. The molecule has 1 N–H and O–H groups in total. The van der Waals surface area contributed by atoms with Crippen molar-refractivity contribution in [3.8, 4) is 0 Å². The number of hydrogen-bond acceptors (Lipinski definition) is 3. The van der Waals surface area contributed by atoms with Gasteiger partial charge >= 0.3 is 5.97 Å². The van der Waals surface area contributed by atoms with E-state index in [4.69, 9.17) is 0 Å². The number of pyridine rings is 1. The second-order valence-electron chi connectivity index (χ2n) is 5.23. The molecule has 3 heterocycles. The van der Waals surface area contributed by atoms with Crippen LogP contribution in [-0.4, -0.2) is 38.4 Å². The van der Waals surface area contributed by atoms with Gasteiger partial charge in [-0.2, -0.15) is 0 Å². The van der Waals surface area contributed by atoms with Crippen LogP contribution in [0.1, 0.15) is 48.5 Å². The van der Waals surface area contributed by atoms with Crippen LogP contribution in [0.2, 0.25) is 0 Å². The number of carboxylic acids is 1. The molecule has 0 aliphatic carbocycles. The van der Waals surface area contributed by atoms with E-state index < -0.39 is 5.97 Å². The molecule has 1 aliphatic rings. The predicted molar refractivity (Wildman–Crippen MR) is 76.0 cm³/mol. The highest BCUT2D eigenvalue weighted by Crippen LogP contribution is 2.30. The molecule has 1 atom stereocenters.